The molecule has 0 saturated carbocycles. The summed E-state index contributed by atoms with van der Waals surface area (Å²) in [5, 5.41) is 4.75. The monoisotopic (exact) mass is 412 g/mol. The molecule has 0 radical (unpaired) electrons. The van der Waals surface area contributed by atoms with Gasteiger partial charge in [-0.15, -0.1) is 11.8 Å². The van der Waals surface area contributed by atoms with E-state index in [1.807, 2.05) is 18.2 Å². The summed E-state index contributed by atoms with van der Waals surface area (Å²) >= 11 is 1.29. The number of benzene rings is 2. The maximum Gasteiger partial charge on any atom is 0.307 e. The Labute approximate surface area is 169 Å². The molecule has 2 aliphatic rings. The van der Waals surface area contributed by atoms with Crippen molar-refractivity contribution < 1.29 is 28.7 Å². The highest BCUT2D eigenvalue weighted by Crippen LogP contribution is 2.36. The first-order valence-electron chi connectivity index (χ1n) is 8.81. The summed E-state index contributed by atoms with van der Waals surface area (Å²) < 4.78 is 10.3. The molecule has 0 unspecified atom stereocenters. The van der Waals surface area contributed by atoms with Crippen LogP contribution in [0.2, 0.25) is 0 Å². The number of thioether (sulfide) groups is 1. The van der Waals surface area contributed by atoms with Gasteiger partial charge in [0, 0.05) is 10.5 Å². The molecule has 0 fully saturated rings. The summed E-state index contributed by atoms with van der Waals surface area (Å²) in [5.74, 6) is -1.17. The van der Waals surface area contributed by atoms with Crippen molar-refractivity contribution in [2.24, 2.45) is 0 Å². The topological polar surface area (TPSA) is 111 Å². The number of Topliss-reactive ketones (excluding diaryl/α,β-unsaturated/α-hetero) is 1. The highest BCUT2D eigenvalue weighted by atomic mass is 32.2. The quantitative estimate of drug-likeness (QED) is 0.572. The molecule has 4 rings (SSSR count). The zero-order chi connectivity index (χ0) is 20.4. The smallest absolute Gasteiger partial charge is 0.307 e. The Bertz CT molecular complexity index is 1020. The third kappa shape index (κ3) is 4.24. The van der Waals surface area contributed by atoms with Crippen LogP contribution < -0.4 is 15.4 Å². The Balaban J connectivity index is 1.33. The second-order valence-corrected chi connectivity index (χ2v) is 7.67. The van der Waals surface area contributed by atoms with Crippen LogP contribution in [-0.2, 0) is 19.1 Å². The van der Waals surface area contributed by atoms with Gasteiger partial charge in [-0.2, -0.15) is 0 Å². The molecule has 148 valence electrons. The predicted octanol–water partition coefficient (Wildman–Crippen LogP) is 2.25. The third-order valence-corrected chi connectivity index (χ3v) is 5.63. The van der Waals surface area contributed by atoms with Crippen molar-refractivity contribution >= 4 is 46.7 Å². The Morgan fingerprint density at radius 1 is 1.10 bits per heavy atom. The number of anilines is 2. The van der Waals surface area contributed by atoms with E-state index in [1.54, 1.807) is 12.1 Å². The average molecular weight is 412 g/mol. The highest BCUT2D eigenvalue weighted by Gasteiger charge is 2.29. The fraction of sp³-hybridized carbons (Fsp3) is 0.200. The van der Waals surface area contributed by atoms with Crippen LogP contribution in [0.1, 0.15) is 16.8 Å². The molecule has 29 heavy (non-hydrogen) atoms. The summed E-state index contributed by atoms with van der Waals surface area (Å²) in [5.41, 5.74) is 1.39. The summed E-state index contributed by atoms with van der Waals surface area (Å²) in [4.78, 5) is 48.9. The van der Waals surface area contributed by atoms with Crippen molar-refractivity contribution in [1.82, 2.24) is 0 Å². The molecule has 2 N–H and O–H groups in total. The number of rotatable bonds is 5. The standard InChI is InChI=1S/C20H16N2O6S/c23-14(11-5-6-15-13(7-11)21-18(24)10-27-15)9-28-19(25)8-17-20(26)22-12-3-1-2-4-16(12)29-17/h1-7,17H,8-10H2,(H,21,24)(H,22,26)/t17-/m1/s1. The normalized spacial score (nSPS) is 17.2. The summed E-state index contributed by atoms with van der Waals surface area (Å²) in [6, 6.07) is 11.9. The lowest BCUT2D eigenvalue weighted by Crippen LogP contribution is -2.31. The van der Waals surface area contributed by atoms with Gasteiger partial charge in [0.2, 0.25) is 5.91 Å². The maximum atomic E-state index is 12.3. The van der Waals surface area contributed by atoms with Gasteiger partial charge >= 0.3 is 5.97 Å². The lowest BCUT2D eigenvalue weighted by atomic mass is 10.1. The van der Waals surface area contributed by atoms with Crippen LogP contribution >= 0.6 is 11.8 Å². The zero-order valence-corrected chi connectivity index (χ0v) is 15.9. The number of hydrogen-bond acceptors (Lipinski definition) is 7. The van der Waals surface area contributed by atoms with E-state index >= 15 is 0 Å². The number of amides is 2. The van der Waals surface area contributed by atoms with Crippen molar-refractivity contribution in [3.05, 3.63) is 48.0 Å². The van der Waals surface area contributed by atoms with E-state index in [0.29, 0.717) is 17.1 Å². The second kappa shape index (κ2) is 7.96. The molecule has 0 aromatic heterocycles. The number of para-hydroxylation sites is 1. The Morgan fingerprint density at radius 2 is 1.93 bits per heavy atom. The molecule has 2 aromatic rings. The first-order chi connectivity index (χ1) is 14.0. The highest BCUT2D eigenvalue weighted by molar-refractivity contribution is 8.01. The summed E-state index contributed by atoms with van der Waals surface area (Å²) in [7, 11) is 0. The van der Waals surface area contributed by atoms with Crippen LogP contribution in [0.4, 0.5) is 11.4 Å². The fourth-order valence-corrected chi connectivity index (χ4v) is 4.02. The largest absolute Gasteiger partial charge is 0.482 e. The number of carbonyl (C=O) groups excluding carboxylic acids is 4. The maximum absolute atomic E-state index is 12.3. The van der Waals surface area contributed by atoms with Crippen LogP contribution in [0.5, 0.6) is 5.75 Å². The van der Waals surface area contributed by atoms with Crippen LogP contribution in [0.15, 0.2) is 47.4 Å². The molecular weight excluding hydrogens is 396 g/mol. The predicted molar refractivity (Wildman–Crippen MR) is 105 cm³/mol. The fourth-order valence-electron chi connectivity index (χ4n) is 2.92. The van der Waals surface area contributed by atoms with Crippen molar-refractivity contribution in [1.29, 1.82) is 0 Å². The van der Waals surface area contributed by atoms with Gasteiger partial charge < -0.3 is 20.1 Å². The average Bonchev–Trinajstić information content (AvgIpc) is 2.72. The minimum Gasteiger partial charge on any atom is -0.482 e. The molecular formula is C20H16N2O6S. The minimum absolute atomic E-state index is 0.0743. The van der Waals surface area contributed by atoms with Gasteiger partial charge in [-0.3, -0.25) is 19.2 Å². The van der Waals surface area contributed by atoms with E-state index < -0.39 is 23.6 Å². The molecule has 0 spiro atoms. The number of ether oxygens (including phenoxy) is 2. The van der Waals surface area contributed by atoms with E-state index in [0.717, 1.165) is 4.90 Å². The molecule has 9 heteroatoms. The number of ketones is 1. The third-order valence-electron chi connectivity index (χ3n) is 4.36. The Kier molecular flexibility index (Phi) is 5.22. The van der Waals surface area contributed by atoms with Gasteiger partial charge in [-0.1, -0.05) is 12.1 Å². The molecule has 0 saturated heterocycles. The molecule has 2 aromatic carbocycles. The molecule has 2 heterocycles. The molecule has 1 atom stereocenters. The van der Waals surface area contributed by atoms with Gasteiger partial charge in [-0.05, 0) is 30.3 Å². The summed E-state index contributed by atoms with van der Waals surface area (Å²) in [6.45, 7) is -0.531. The first-order valence-corrected chi connectivity index (χ1v) is 9.69. The van der Waals surface area contributed by atoms with Crippen molar-refractivity contribution in [3.8, 4) is 5.75 Å². The van der Waals surface area contributed by atoms with Crippen molar-refractivity contribution in [2.45, 2.75) is 16.6 Å². The van der Waals surface area contributed by atoms with Crippen LogP contribution in [0.25, 0.3) is 0 Å². The second-order valence-electron chi connectivity index (χ2n) is 6.43. The lowest BCUT2D eigenvalue weighted by molar-refractivity contribution is -0.143. The van der Waals surface area contributed by atoms with Gasteiger partial charge in [0.05, 0.1) is 23.0 Å². The van der Waals surface area contributed by atoms with E-state index in [2.05, 4.69) is 10.6 Å². The van der Waals surface area contributed by atoms with Crippen molar-refractivity contribution in [2.75, 3.05) is 23.8 Å². The summed E-state index contributed by atoms with van der Waals surface area (Å²) in [6.07, 6.45) is -0.147. The van der Waals surface area contributed by atoms with Gasteiger partial charge in [0.15, 0.2) is 19.0 Å². The zero-order valence-electron chi connectivity index (χ0n) is 15.1. The van der Waals surface area contributed by atoms with Crippen LogP contribution in [0, 0.1) is 0 Å². The van der Waals surface area contributed by atoms with E-state index in [1.165, 1.54) is 23.9 Å². The Morgan fingerprint density at radius 3 is 2.79 bits per heavy atom. The minimum atomic E-state index is -0.639. The van der Waals surface area contributed by atoms with E-state index in [-0.39, 0.29) is 30.4 Å². The van der Waals surface area contributed by atoms with E-state index in [4.69, 9.17) is 9.47 Å². The number of fused-ring (bicyclic) bond motifs is 2. The van der Waals surface area contributed by atoms with Crippen molar-refractivity contribution in [3.63, 3.8) is 0 Å². The molecule has 2 amide bonds. The lowest BCUT2D eigenvalue weighted by Gasteiger charge is -2.23. The van der Waals surface area contributed by atoms with Gasteiger partial charge in [-0.25, -0.2) is 0 Å². The van der Waals surface area contributed by atoms with Crippen LogP contribution in [-0.4, -0.2) is 42.0 Å². The number of hydrogen-bond donors (Lipinski definition) is 2. The number of esters is 1. The van der Waals surface area contributed by atoms with Gasteiger partial charge in [0.25, 0.3) is 5.91 Å². The number of carbonyl (C=O) groups is 4. The van der Waals surface area contributed by atoms with Gasteiger partial charge in [0.1, 0.15) is 5.75 Å². The van der Waals surface area contributed by atoms with Crippen LogP contribution in [0.3, 0.4) is 0 Å². The molecule has 8 nitrogen and oxygen atoms in total. The number of nitrogens with one attached hydrogen (secondary N) is 2. The first kappa shape index (κ1) is 19.0. The molecule has 0 aliphatic carbocycles. The molecule has 0 bridgehead atoms. The molecule has 2 aliphatic heterocycles. The Hall–Kier alpha value is -3.33. The van der Waals surface area contributed by atoms with E-state index in [9.17, 15) is 19.2 Å². The SMILES string of the molecule is O=C1COc2ccc(C(=O)COC(=O)C[C@H]3Sc4ccccc4NC3=O)cc2N1.